The van der Waals surface area contributed by atoms with E-state index >= 15 is 0 Å². The molecule has 0 aromatic heterocycles. The lowest BCUT2D eigenvalue weighted by Gasteiger charge is -2.35. The smallest absolute Gasteiger partial charge is 0.327 e. The lowest BCUT2D eigenvalue weighted by atomic mass is 9.81. The Balaban J connectivity index is 1.70. The second-order valence-corrected chi connectivity index (χ2v) is 7.91. The number of imide groups is 1. The van der Waals surface area contributed by atoms with Crippen molar-refractivity contribution < 1.29 is 14.4 Å². The molecule has 1 aliphatic carbocycles. The van der Waals surface area contributed by atoms with Gasteiger partial charge in [-0.3, -0.25) is 14.5 Å². The molecule has 2 saturated heterocycles. The molecule has 24 heavy (non-hydrogen) atoms. The first-order valence-corrected chi connectivity index (χ1v) is 8.91. The van der Waals surface area contributed by atoms with Crippen LogP contribution in [0.2, 0.25) is 0 Å². The molecule has 0 bridgehead atoms. The maximum atomic E-state index is 12.9. The topological polar surface area (TPSA) is 87.0 Å². The van der Waals surface area contributed by atoms with Gasteiger partial charge in [0.1, 0.15) is 12.1 Å². The molecule has 7 heteroatoms. The van der Waals surface area contributed by atoms with Crippen LogP contribution in [-0.4, -0.2) is 71.3 Å². The number of likely N-dealkylation sites (N-methyl/N-ethyl adjacent to an activating group) is 1. The van der Waals surface area contributed by atoms with E-state index in [1.807, 2.05) is 0 Å². The van der Waals surface area contributed by atoms with E-state index < -0.39 is 5.54 Å². The number of nitrogens with zero attached hydrogens (tertiary/aromatic N) is 3. The summed E-state index contributed by atoms with van der Waals surface area (Å²) >= 11 is 0. The Morgan fingerprint density at radius 3 is 2.42 bits per heavy atom. The Labute approximate surface area is 143 Å². The molecule has 2 aliphatic heterocycles. The molecule has 4 amide bonds. The molecule has 3 fully saturated rings. The first-order valence-electron chi connectivity index (χ1n) is 8.91. The Morgan fingerprint density at radius 1 is 1.17 bits per heavy atom. The molecule has 1 unspecified atom stereocenters. The summed E-state index contributed by atoms with van der Waals surface area (Å²) in [5.74, 6) is -0.348. The number of rotatable bonds is 3. The van der Waals surface area contributed by atoms with Crippen LogP contribution in [0, 0.1) is 5.41 Å². The fraction of sp³-hybridized carbons (Fsp3) is 0.824. The third-order valence-corrected chi connectivity index (χ3v) is 6.18. The number of urea groups is 1. The van der Waals surface area contributed by atoms with Crippen molar-refractivity contribution in [2.45, 2.75) is 51.0 Å². The Morgan fingerprint density at radius 2 is 1.83 bits per heavy atom. The highest BCUT2D eigenvalue weighted by atomic mass is 16.2. The zero-order valence-electron chi connectivity index (χ0n) is 14.7. The van der Waals surface area contributed by atoms with E-state index in [-0.39, 0.29) is 29.8 Å². The molecule has 7 nitrogen and oxygen atoms in total. The third kappa shape index (κ3) is 2.59. The zero-order chi connectivity index (χ0) is 17.5. The third-order valence-electron chi connectivity index (χ3n) is 6.18. The second kappa shape index (κ2) is 6.02. The van der Waals surface area contributed by atoms with Crippen LogP contribution in [0.25, 0.3) is 0 Å². The van der Waals surface area contributed by atoms with Gasteiger partial charge in [0.05, 0.1) is 0 Å². The summed E-state index contributed by atoms with van der Waals surface area (Å²) in [4.78, 5) is 42.5. The molecule has 2 heterocycles. The molecule has 134 valence electrons. The SMILES string of the molecule is CN1C(=O)N(CC(=O)N2CCC(C)(CN)C2)C(=O)C12CCCCC2. The van der Waals surface area contributed by atoms with Crippen LogP contribution in [0.4, 0.5) is 4.79 Å². The monoisotopic (exact) mass is 336 g/mol. The Bertz CT molecular complexity index is 558. The highest BCUT2D eigenvalue weighted by Gasteiger charge is 2.56. The Hall–Kier alpha value is -1.63. The lowest BCUT2D eigenvalue weighted by molar-refractivity contribution is -0.140. The van der Waals surface area contributed by atoms with E-state index in [1.54, 1.807) is 16.8 Å². The van der Waals surface area contributed by atoms with E-state index in [9.17, 15) is 14.4 Å². The number of carbonyl (C=O) groups is 3. The fourth-order valence-electron chi connectivity index (χ4n) is 4.31. The van der Waals surface area contributed by atoms with Crippen molar-refractivity contribution in [3.05, 3.63) is 0 Å². The van der Waals surface area contributed by atoms with Crippen molar-refractivity contribution in [1.82, 2.24) is 14.7 Å². The molecule has 0 aromatic rings. The van der Waals surface area contributed by atoms with E-state index in [2.05, 4.69) is 6.92 Å². The minimum Gasteiger partial charge on any atom is -0.341 e. The normalized spacial score (nSPS) is 29.9. The summed E-state index contributed by atoms with van der Waals surface area (Å²) in [5, 5.41) is 0. The molecule has 3 rings (SSSR count). The largest absolute Gasteiger partial charge is 0.341 e. The maximum absolute atomic E-state index is 12.9. The maximum Gasteiger partial charge on any atom is 0.327 e. The van der Waals surface area contributed by atoms with Gasteiger partial charge in [-0.2, -0.15) is 0 Å². The second-order valence-electron chi connectivity index (χ2n) is 7.91. The molecule has 0 aromatic carbocycles. The van der Waals surface area contributed by atoms with Gasteiger partial charge in [0, 0.05) is 20.1 Å². The number of nitrogens with two attached hydrogens (primary N) is 1. The van der Waals surface area contributed by atoms with Crippen molar-refractivity contribution in [2.75, 3.05) is 33.2 Å². The number of hydrogen-bond acceptors (Lipinski definition) is 4. The first-order chi connectivity index (χ1) is 11.3. The van der Waals surface area contributed by atoms with Gasteiger partial charge in [0.15, 0.2) is 0 Å². The van der Waals surface area contributed by atoms with Gasteiger partial charge in [-0.1, -0.05) is 26.2 Å². The van der Waals surface area contributed by atoms with Crippen LogP contribution in [0.1, 0.15) is 45.4 Å². The van der Waals surface area contributed by atoms with E-state index in [0.717, 1.165) is 30.6 Å². The van der Waals surface area contributed by atoms with Crippen LogP contribution in [0.5, 0.6) is 0 Å². The van der Waals surface area contributed by atoms with Crippen molar-refractivity contribution in [3.8, 4) is 0 Å². The standard InChI is InChI=1S/C17H28N4O3/c1-16(11-18)8-9-20(12-16)13(22)10-21-14(23)17(19(2)15(21)24)6-4-3-5-7-17/h3-12,18H2,1-2H3. The average Bonchev–Trinajstić information content (AvgIpc) is 3.07. The quantitative estimate of drug-likeness (QED) is 0.772. The van der Waals surface area contributed by atoms with Gasteiger partial charge < -0.3 is 15.5 Å². The summed E-state index contributed by atoms with van der Waals surface area (Å²) in [6.07, 6.45) is 5.27. The van der Waals surface area contributed by atoms with Crippen LogP contribution in [-0.2, 0) is 9.59 Å². The van der Waals surface area contributed by atoms with Crippen LogP contribution in [0.3, 0.4) is 0 Å². The van der Waals surface area contributed by atoms with Gasteiger partial charge in [0.2, 0.25) is 5.91 Å². The number of amides is 4. The summed E-state index contributed by atoms with van der Waals surface area (Å²) in [7, 11) is 1.69. The van der Waals surface area contributed by atoms with Crippen LogP contribution in [0.15, 0.2) is 0 Å². The summed E-state index contributed by atoms with van der Waals surface area (Å²) in [5.41, 5.74) is 5.01. The molecule has 1 saturated carbocycles. The fourth-order valence-corrected chi connectivity index (χ4v) is 4.31. The molecular weight excluding hydrogens is 308 g/mol. The molecule has 3 aliphatic rings. The average molecular weight is 336 g/mol. The minimum absolute atomic E-state index is 0.0595. The summed E-state index contributed by atoms with van der Waals surface area (Å²) < 4.78 is 0. The van der Waals surface area contributed by atoms with Gasteiger partial charge in [-0.05, 0) is 31.2 Å². The number of hydrogen-bond donors (Lipinski definition) is 1. The van der Waals surface area contributed by atoms with E-state index in [4.69, 9.17) is 5.73 Å². The molecule has 1 spiro atoms. The number of likely N-dealkylation sites (tertiary alicyclic amines) is 1. The van der Waals surface area contributed by atoms with Gasteiger partial charge in [0.25, 0.3) is 5.91 Å². The van der Waals surface area contributed by atoms with E-state index in [0.29, 0.717) is 32.5 Å². The zero-order valence-corrected chi connectivity index (χ0v) is 14.7. The summed E-state index contributed by atoms with van der Waals surface area (Å²) in [6.45, 7) is 3.69. The molecule has 0 radical (unpaired) electrons. The molecule has 1 atom stereocenters. The van der Waals surface area contributed by atoms with Crippen molar-refractivity contribution in [1.29, 1.82) is 0 Å². The predicted octanol–water partition coefficient (Wildman–Crippen LogP) is 0.781. The summed E-state index contributed by atoms with van der Waals surface area (Å²) in [6, 6.07) is -0.337. The van der Waals surface area contributed by atoms with Crippen molar-refractivity contribution in [2.24, 2.45) is 11.1 Å². The van der Waals surface area contributed by atoms with Gasteiger partial charge >= 0.3 is 6.03 Å². The van der Waals surface area contributed by atoms with Crippen LogP contribution >= 0.6 is 0 Å². The highest BCUT2D eigenvalue weighted by Crippen LogP contribution is 2.39. The predicted molar refractivity (Wildman–Crippen MR) is 89.0 cm³/mol. The Kier molecular flexibility index (Phi) is 4.32. The highest BCUT2D eigenvalue weighted by molar-refractivity contribution is 6.08. The van der Waals surface area contributed by atoms with Crippen LogP contribution < -0.4 is 5.73 Å². The minimum atomic E-state index is -0.716. The van der Waals surface area contributed by atoms with Crippen molar-refractivity contribution in [3.63, 3.8) is 0 Å². The van der Waals surface area contributed by atoms with Crippen molar-refractivity contribution >= 4 is 17.8 Å². The molecular formula is C17H28N4O3. The first kappa shape index (κ1) is 17.2. The lowest BCUT2D eigenvalue weighted by Crippen LogP contribution is -2.49. The number of carbonyl (C=O) groups excluding carboxylic acids is 3. The molecule has 2 N–H and O–H groups in total. The van der Waals surface area contributed by atoms with Gasteiger partial charge in [-0.15, -0.1) is 0 Å². The van der Waals surface area contributed by atoms with Gasteiger partial charge in [-0.25, -0.2) is 4.79 Å². The van der Waals surface area contributed by atoms with E-state index in [1.165, 1.54) is 0 Å².